The molecule has 0 saturated heterocycles. The lowest BCUT2D eigenvalue weighted by atomic mass is 9.91. The summed E-state index contributed by atoms with van der Waals surface area (Å²) in [6, 6.07) is 28.6. The zero-order valence-corrected chi connectivity index (χ0v) is 14.0. The summed E-state index contributed by atoms with van der Waals surface area (Å²) >= 11 is 3.57. The SMILES string of the molecule is Brc1cccc(-c2cc3ccc4cccc5ccc(c2)c3c45)c1. The van der Waals surface area contributed by atoms with E-state index in [1.807, 2.05) is 0 Å². The summed E-state index contributed by atoms with van der Waals surface area (Å²) in [6.45, 7) is 0. The van der Waals surface area contributed by atoms with Gasteiger partial charge in [0.2, 0.25) is 0 Å². The van der Waals surface area contributed by atoms with Crippen molar-refractivity contribution in [2.75, 3.05) is 0 Å². The first-order chi connectivity index (χ1) is 11.3. The molecule has 0 atom stereocenters. The summed E-state index contributed by atoms with van der Waals surface area (Å²) in [4.78, 5) is 0. The molecule has 1 heteroatoms. The fraction of sp³-hybridized carbons (Fsp3) is 0. The molecule has 0 heterocycles. The predicted octanol–water partition coefficient (Wildman–Crippen LogP) is 7.01. The smallest absolute Gasteiger partial charge is 0.0181 e. The van der Waals surface area contributed by atoms with Gasteiger partial charge in [-0.2, -0.15) is 0 Å². The first kappa shape index (κ1) is 13.1. The van der Waals surface area contributed by atoms with E-state index in [2.05, 4.69) is 94.8 Å². The van der Waals surface area contributed by atoms with Crippen molar-refractivity contribution < 1.29 is 0 Å². The monoisotopic (exact) mass is 356 g/mol. The molecule has 0 saturated carbocycles. The van der Waals surface area contributed by atoms with Gasteiger partial charge in [-0.3, -0.25) is 0 Å². The van der Waals surface area contributed by atoms with Crippen LogP contribution in [0.4, 0.5) is 0 Å². The number of benzene rings is 5. The number of hydrogen-bond donors (Lipinski definition) is 0. The summed E-state index contributed by atoms with van der Waals surface area (Å²) < 4.78 is 1.11. The van der Waals surface area contributed by atoms with Crippen LogP contribution in [0, 0.1) is 0 Å². The molecule has 5 rings (SSSR count). The van der Waals surface area contributed by atoms with Crippen LogP contribution in [0.2, 0.25) is 0 Å². The van der Waals surface area contributed by atoms with E-state index in [-0.39, 0.29) is 0 Å². The maximum atomic E-state index is 3.57. The van der Waals surface area contributed by atoms with Crippen LogP contribution < -0.4 is 0 Å². The highest BCUT2D eigenvalue weighted by atomic mass is 79.9. The van der Waals surface area contributed by atoms with Crippen molar-refractivity contribution >= 4 is 48.2 Å². The van der Waals surface area contributed by atoms with E-state index in [0.717, 1.165) is 4.47 Å². The average Bonchev–Trinajstić information content (AvgIpc) is 2.59. The third kappa shape index (κ3) is 1.97. The Hall–Kier alpha value is -2.38. The van der Waals surface area contributed by atoms with Crippen LogP contribution in [0.15, 0.2) is 83.3 Å². The molecule has 0 spiro atoms. The molecule has 0 N–H and O–H groups in total. The van der Waals surface area contributed by atoms with Crippen LogP contribution in [-0.2, 0) is 0 Å². The van der Waals surface area contributed by atoms with Crippen molar-refractivity contribution in [2.45, 2.75) is 0 Å². The summed E-state index contributed by atoms with van der Waals surface area (Å²) in [5.41, 5.74) is 2.50. The van der Waals surface area contributed by atoms with Crippen LogP contribution in [0.5, 0.6) is 0 Å². The van der Waals surface area contributed by atoms with E-state index >= 15 is 0 Å². The van der Waals surface area contributed by atoms with Crippen LogP contribution in [-0.4, -0.2) is 0 Å². The van der Waals surface area contributed by atoms with Crippen molar-refractivity contribution in [3.63, 3.8) is 0 Å². The number of halogens is 1. The summed E-state index contributed by atoms with van der Waals surface area (Å²) in [6.07, 6.45) is 0. The summed E-state index contributed by atoms with van der Waals surface area (Å²) in [5, 5.41) is 8.00. The van der Waals surface area contributed by atoms with Gasteiger partial charge in [0.15, 0.2) is 0 Å². The van der Waals surface area contributed by atoms with Gasteiger partial charge in [0.25, 0.3) is 0 Å². The topological polar surface area (TPSA) is 0 Å². The van der Waals surface area contributed by atoms with Crippen molar-refractivity contribution in [3.8, 4) is 11.1 Å². The quantitative estimate of drug-likeness (QED) is 0.283. The molecule has 5 aromatic carbocycles. The molecule has 23 heavy (non-hydrogen) atoms. The lowest BCUT2D eigenvalue weighted by Gasteiger charge is -2.12. The Bertz CT molecular complexity index is 1110. The van der Waals surface area contributed by atoms with Crippen molar-refractivity contribution in [3.05, 3.63) is 83.3 Å². The van der Waals surface area contributed by atoms with Gasteiger partial charge in [-0.1, -0.05) is 70.5 Å². The van der Waals surface area contributed by atoms with Crippen LogP contribution in [0.1, 0.15) is 0 Å². The molecule has 0 bridgehead atoms. The fourth-order valence-electron chi connectivity index (χ4n) is 3.59. The van der Waals surface area contributed by atoms with Crippen LogP contribution in [0.25, 0.3) is 43.4 Å². The Labute approximate surface area is 142 Å². The normalized spacial score (nSPS) is 11.7. The zero-order chi connectivity index (χ0) is 15.4. The second-order valence-corrected chi connectivity index (χ2v) is 6.93. The van der Waals surface area contributed by atoms with Crippen LogP contribution >= 0.6 is 15.9 Å². The lowest BCUT2D eigenvalue weighted by molar-refractivity contribution is 1.62. The summed E-state index contributed by atoms with van der Waals surface area (Å²) in [7, 11) is 0. The van der Waals surface area contributed by atoms with Crippen molar-refractivity contribution in [1.82, 2.24) is 0 Å². The van der Waals surface area contributed by atoms with Crippen LogP contribution in [0.3, 0.4) is 0 Å². The fourth-order valence-corrected chi connectivity index (χ4v) is 3.99. The van der Waals surface area contributed by atoms with E-state index in [1.165, 1.54) is 43.4 Å². The van der Waals surface area contributed by atoms with Gasteiger partial charge in [-0.15, -0.1) is 0 Å². The van der Waals surface area contributed by atoms with Crippen molar-refractivity contribution in [2.24, 2.45) is 0 Å². The molecule has 0 fully saturated rings. The average molecular weight is 357 g/mol. The Morgan fingerprint density at radius 2 is 1.04 bits per heavy atom. The molecule has 108 valence electrons. The molecule has 0 aliphatic rings. The Balaban J connectivity index is 1.91. The maximum Gasteiger partial charge on any atom is 0.0181 e. The molecule has 0 aromatic heterocycles. The first-order valence-corrected chi connectivity index (χ1v) is 8.52. The summed E-state index contributed by atoms with van der Waals surface area (Å²) in [5.74, 6) is 0. The minimum Gasteiger partial charge on any atom is -0.0610 e. The zero-order valence-electron chi connectivity index (χ0n) is 12.4. The standard InChI is InChI=1S/C22H13Br/c23-20-6-2-5-16(13-20)19-11-17-9-7-14-3-1-4-15-8-10-18(12-19)22(17)21(14)15/h1-13H. The minimum absolute atomic E-state index is 1.11. The molecule has 5 aromatic rings. The van der Waals surface area contributed by atoms with Gasteiger partial charge < -0.3 is 0 Å². The van der Waals surface area contributed by atoms with E-state index in [4.69, 9.17) is 0 Å². The molecule has 0 aliphatic heterocycles. The second kappa shape index (κ2) is 4.81. The highest BCUT2D eigenvalue weighted by molar-refractivity contribution is 9.10. The van der Waals surface area contributed by atoms with Gasteiger partial charge in [-0.05, 0) is 67.7 Å². The Morgan fingerprint density at radius 1 is 0.478 bits per heavy atom. The van der Waals surface area contributed by atoms with Gasteiger partial charge in [-0.25, -0.2) is 0 Å². The highest BCUT2D eigenvalue weighted by Gasteiger charge is 2.09. The highest BCUT2D eigenvalue weighted by Crippen LogP contribution is 2.37. The van der Waals surface area contributed by atoms with Gasteiger partial charge in [0, 0.05) is 4.47 Å². The molecule has 0 radical (unpaired) electrons. The minimum atomic E-state index is 1.11. The van der Waals surface area contributed by atoms with E-state index in [0.29, 0.717) is 0 Å². The van der Waals surface area contributed by atoms with E-state index in [1.54, 1.807) is 0 Å². The molecular formula is C22H13Br. The molecule has 0 nitrogen and oxygen atoms in total. The molecular weight excluding hydrogens is 344 g/mol. The number of rotatable bonds is 1. The van der Waals surface area contributed by atoms with E-state index in [9.17, 15) is 0 Å². The molecule has 0 aliphatic carbocycles. The third-order valence-corrected chi connectivity index (χ3v) is 5.11. The molecule has 0 amide bonds. The first-order valence-electron chi connectivity index (χ1n) is 7.73. The largest absolute Gasteiger partial charge is 0.0610 e. The lowest BCUT2D eigenvalue weighted by Crippen LogP contribution is -1.85. The van der Waals surface area contributed by atoms with Crippen molar-refractivity contribution in [1.29, 1.82) is 0 Å². The second-order valence-electron chi connectivity index (χ2n) is 6.02. The third-order valence-electron chi connectivity index (χ3n) is 4.62. The molecule has 0 unspecified atom stereocenters. The Morgan fingerprint density at radius 3 is 1.70 bits per heavy atom. The van der Waals surface area contributed by atoms with Gasteiger partial charge >= 0.3 is 0 Å². The predicted molar refractivity (Wildman–Crippen MR) is 103 cm³/mol. The van der Waals surface area contributed by atoms with Gasteiger partial charge in [0.05, 0.1) is 0 Å². The Kier molecular flexibility index (Phi) is 2.74. The van der Waals surface area contributed by atoms with Gasteiger partial charge in [0.1, 0.15) is 0 Å². The van der Waals surface area contributed by atoms with E-state index < -0.39 is 0 Å². The number of hydrogen-bond acceptors (Lipinski definition) is 0. The maximum absolute atomic E-state index is 3.57.